The van der Waals surface area contributed by atoms with Crippen molar-refractivity contribution in [1.29, 1.82) is 0 Å². The average Bonchev–Trinajstić information content (AvgIpc) is 3.89. The van der Waals surface area contributed by atoms with Crippen LogP contribution in [0, 0.1) is 29.1 Å². The van der Waals surface area contributed by atoms with Crippen LogP contribution in [-0.2, 0) is 5.41 Å². The van der Waals surface area contributed by atoms with Gasteiger partial charge in [0.1, 0.15) is 0 Å². The van der Waals surface area contributed by atoms with E-state index in [1.165, 1.54) is 70.7 Å². The first-order valence-electron chi connectivity index (χ1n) is 19.8. The highest BCUT2D eigenvalue weighted by atomic mass is 15.0. The van der Waals surface area contributed by atoms with Gasteiger partial charge in [-0.2, -0.15) is 0 Å². The lowest BCUT2D eigenvalue weighted by atomic mass is 9.38. The van der Waals surface area contributed by atoms with Gasteiger partial charge in [-0.05, 0) is 114 Å². The van der Waals surface area contributed by atoms with E-state index in [9.17, 15) is 0 Å². The molecule has 4 atom stereocenters. The summed E-state index contributed by atoms with van der Waals surface area (Å²) in [5.74, 6) is 5.32. The molecule has 258 valence electrons. The Morgan fingerprint density at radius 3 is 1.72 bits per heavy atom. The molecule has 0 saturated heterocycles. The molecule has 5 aliphatic carbocycles. The van der Waals surface area contributed by atoms with E-state index in [-0.39, 0.29) is 5.41 Å². The van der Waals surface area contributed by atoms with Gasteiger partial charge < -0.3 is 4.57 Å². The van der Waals surface area contributed by atoms with Crippen molar-refractivity contribution in [2.24, 2.45) is 29.1 Å². The van der Waals surface area contributed by atoms with Crippen LogP contribution in [0.1, 0.15) is 43.2 Å². The summed E-state index contributed by atoms with van der Waals surface area (Å²) in [6.07, 6.45) is 7.19. The van der Waals surface area contributed by atoms with Crippen LogP contribution in [0.15, 0.2) is 146 Å². The SMILES string of the molecule is c1ccc(-c2nc(-c3ccccc3)nc(-c3ccc(-n4c5ccccc5c5ccc6c(c54)C4(c5ccccc5-6)C5CC6CC7CC4C5(C6)C7)cc3)n2)cc1. The Bertz CT molecular complexity index is 2750. The number of para-hydroxylation sites is 1. The van der Waals surface area contributed by atoms with Crippen molar-refractivity contribution in [2.75, 3.05) is 0 Å². The third-order valence-corrected chi connectivity index (χ3v) is 14.6. The number of rotatable bonds is 4. The number of hydrogen-bond donors (Lipinski definition) is 0. The second kappa shape index (κ2) is 10.4. The summed E-state index contributed by atoms with van der Waals surface area (Å²) >= 11 is 0. The minimum absolute atomic E-state index is 0.0913. The zero-order chi connectivity index (χ0) is 35.2. The molecule has 4 fully saturated rings. The molecule has 4 saturated carbocycles. The van der Waals surface area contributed by atoms with Gasteiger partial charge in [0.15, 0.2) is 17.5 Å². The van der Waals surface area contributed by atoms with Crippen molar-refractivity contribution in [3.63, 3.8) is 0 Å². The molecule has 3 bridgehead atoms. The van der Waals surface area contributed by atoms with Crippen LogP contribution in [-0.4, -0.2) is 19.5 Å². The molecule has 5 aliphatic rings. The molecule has 0 N–H and O–H groups in total. The smallest absolute Gasteiger partial charge is 0.164 e. The van der Waals surface area contributed by atoms with Gasteiger partial charge in [-0.25, -0.2) is 15.0 Å². The highest BCUT2D eigenvalue weighted by Gasteiger charge is 2.79. The molecule has 0 radical (unpaired) electrons. The van der Waals surface area contributed by atoms with Gasteiger partial charge in [-0.3, -0.25) is 0 Å². The minimum atomic E-state index is 0.0913. The Morgan fingerprint density at radius 2 is 1.06 bits per heavy atom. The first-order chi connectivity index (χ1) is 26.7. The van der Waals surface area contributed by atoms with Crippen molar-refractivity contribution in [3.05, 3.63) is 157 Å². The van der Waals surface area contributed by atoms with E-state index in [1.54, 1.807) is 11.1 Å². The Kier molecular flexibility index (Phi) is 5.70. The van der Waals surface area contributed by atoms with Gasteiger partial charge in [-0.1, -0.05) is 115 Å². The first-order valence-corrected chi connectivity index (χ1v) is 19.8. The lowest BCUT2D eigenvalue weighted by Crippen LogP contribution is -2.62. The zero-order valence-corrected chi connectivity index (χ0v) is 30.0. The van der Waals surface area contributed by atoms with Crippen LogP contribution in [0.5, 0.6) is 0 Å². The van der Waals surface area contributed by atoms with E-state index in [4.69, 9.17) is 15.0 Å². The molecule has 2 heterocycles. The number of fused-ring (bicyclic) bond motifs is 13. The number of benzene rings is 6. The van der Waals surface area contributed by atoms with Crippen molar-refractivity contribution >= 4 is 21.8 Å². The van der Waals surface area contributed by atoms with E-state index >= 15 is 0 Å². The predicted molar refractivity (Wildman–Crippen MR) is 216 cm³/mol. The van der Waals surface area contributed by atoms with E-state index in [0.717, 1.165) is 40.4 Å². The Labute approximate surface area is 314 Å². The van der Waals surface area contributed by atoms with Gasteiger partial charge in [0.05, 0.1) is 11.0 Å². The van der Waals surface area contributed by atoms with Gasteiger partial charge in [0, 0.05) is 38.6 Å². The van der Waals surface area contributed by atoms with Gasteiger partial charge in [0.2, 0.25) is 0 Å². The van der Waals surface area contributed by atoms with Crippen LogP contribution < -0.4 is 0 Å². The molecule has 13 rings (SSSR count). The van der Waals surface area contributed by atoms with E-state index < -0.39 is 0 Å². The van der Waals surface area contributed by atoms with Crippen molar-refractivity contribution < 1.29 is 0 Å². The summed E-state index contributed by atoms with van der Waals surface area (Å²) in [7, 11) is 0. The molecule has 0 amide bonds. The van der Waals surface area contributed by atoms with Crippen LogP contribution in [0.2, 0.25) is 0 Å². The maximum atomic E-state index is 5.04. The fraction of sp³-hybridized carbons (Fsp3) is 0.220. The summed E-state index contributed by atoms with van der Waals surface area (Å²) in [6.45, 7) is 0. The summed E-state index contributed by atoms with van der Waals surface area (Å²) in [5.41, 5.74) is 13.6. The molecule has 4 nitrogen and oxygen atoms in total. The molecule has 6 aromatic carbocycles. The summed E-state index contributed by atoms with van der Waals surface area (Å²) in [6, 6.07) is 52.9. The number of hydrogen-bond acceptors (Lipinski definition) is 3. The molecule has 2 aromatic heterocycles. The monoisotopic (exact) mass is 694 g/mol. The maximum absolute atomic E-state index is 5.04. The molecule has 54 heavy (non-hydrogen) atoms. The van der Waals surface area contributed by atoms with Crippen LogP contribution in [0.25, 0.3) is 72.8 Å². The van der Waals surface area contributed by atoms with E-state index in [1.807, 2.05) is 36.4 Å². The van der Waals surface area contributed by atoms with Crippen LogP contribution in [0.3, 0.4) is 0 Å². The third kappa shape index (κ3) is 3.62. The topological polar surface area (TPSA) is 43.6 Å². The molecular formula is C50H38N4. The quantitative estimate of drug-likeness (QED) is 0.184. The van der Waals surface area contributed by atoms with Gasteiger partial charge in [-0.15, -0.1) is 0 Å². The minimum Gasteiger partial charge on any atom is -0.309 e. The van der Waals surface area contributed by atoms with E-state index in [0.29, 0.717) is 22.9 Å². The third-order valence-electron chi connectivity index (χ3n) is 14.6. The second-order valence-electron chi connectivity index (χ2n) is 16.9. The summed E-state index contributed by atoms with van der Waals surface area (Å²) in [4.78, 5) is 15.0. The average molecular weight is 695 g/mol. The summed E-state index contributed by atoms with van der Waals surface area (Å²) < 4.78 is 2.60. The standard InChI is InChI=1S/C50H38N4/c1-3-11-32(12-4-1)46-51-47(33-13-5-2-6-14-33)53-48(52-46)34-19-21-35(22-20-34)54-41-18-10-8-16-37(41)39-24-23-38-36-15-7-9-17-40(36)50(44(38)45(39)54)42-26-30-25-31-27-43(50)49(42,28-30)29-31/h1-24,30-31,42-43H,25-29H2. The Morgan fingerprint density at radius 1 is 0.481 bits per heavy atom. The van der Waals surface area contributed by atoms with Gasteiger partial charge >= 0.3 is 0 Å². The fourth-order valence-electron chi connectivity index (χ4n) is 13.1. The molecule has 4 unspecified atom stereocenters. The number of nitrogens with zero attached hydrogens (tertiary/aromatic N) is 4. The summed E-state index contributed by atoms with van der Waals surface area (Å²) in [5, 5.41) is 2.70. The number of aromatic nitrogens is 4. The molecular weight excluding hydrogens is 657 g/mol. The van der Waals surface area contributed by atoms with Crippen molar-refractivity contribution in [2.45, 2.75) is 37.5 Å². The highest BCUT2D eigenvalue weighted by molar-refractivity contribution is 6.13. The predicted octanol–water partition coefficient (Wildman–Crippen LogP) is 11.7. The lowest BCUT2D eigenvalue weighted by molar-refractivity contribution is -0.0814. The fourth-order valence-corrected chi connectivity index (χ4v) is 13.1. The van der Waals surface area contributed by atoms with Crippen molar-refractivity contribution in [1.82, 2.24) is 19.5 Å². The van der Waals surface area contributed by atoms with E-state index in [2.05, 4.69) is 114 Å². The van der Waals surface area contributed by atoms with Crippen molar-refractivity contribution in [3.8, 4) is 51.0 Å². The molecule has 2 spiro atoms. The Hall–Kier alpha value is -5.87. The van der Waals surface area contributed by atoms with Crippen LogP contribution >= 0.6 is 0 Å². The second-order valence-corrected chi connectivity index (χ2v) is 16.9. The first kappa shape index (κ1) is 29.6. The van der Waals surface area contributed by atoms with Gasteiger partial charge in [0.25, 0.3) is 0 Å². The molecule has 8 aromatic rings. The zero-order valence-electron chi connectivity index (χ0n) is 30.0. The Balaban J connectivity index is 1.02. The largest absolute Gasteiger partial charge is 0.309 e. The lowest BCUT2D eigenvalue weighted by Gasteiger charge is -2.64. The normalized spacial score (nSPS) is 26.7. The molecule has 4 heteroatoms. The molecule has 0 aliphatic heterocycles. The van der Waals surface area contributed by atoms with Crippen LogP contribution in [0.4, 0.5) is 0 Å². The maximum Gasteiger partial charge on any atom is 0.164 e. The highest BCUT2D eigenvalue weighted by Crippen LogP contribution is 2.85.